The van der Waals surface area contributed by atoms with Crippen molar-refractivity contribution in [3.63, 3.8) is 0 Å². The van der Waals surface area contributed by atoms with Gasteiger partial charge in [0.1, 0.15) is 12.7 Å². The zero-order chi connectivity index (χ0) is 20.8. The third kappa shape index (κ3) is 5.58. The summed E-state index contributed by atoms with van der Waals surface area (Å²) in [5, 5.41) is 10.4. The third-order valence-electron chi connectivity index (χ3n) is 6.13. The number of β-amino-alcohol motifs (C(OH)–C–C–N with tert-alkyl or cyclic N) is 1. The third-order valence-corrected chi connectivity index (χ3v) is 6.13. The lowest BCUT2D eigenvalue weighted by atomic mass is 9.92. The highest BCUT2D eigenvalue weighted by Crippen LogP contribution is 2.22. The number of aliphatic hydroxyl groups is 1. The van der Waals surface area contributed by atoms with Gasteiger partial charge < -0.3 is 14.7 Å². The highest BCUT2D eigenvalue weighted by Gasteiger charge is 2.26. The van der Waals surface area contributed by atoms with E-state index in [1.54, 1.807) is 4.90 Å². The van der Waals surface area contributed by atoms with Gasteiger partial charge >= 0.3 is 6.09 Å². The fourth-order valence-corrected chi connectivity index (χ4v) is 4.57. The molecule has 1 saturated heterocycles. The first-order valence-corrected chi connectivity index (χ1v) is 10.9. The number of nitrogens with zero attached hydrogens (tertiary/aromatic N) is 3. The number of carbonyl (C=O) groups is 1. The molecule has 1 fully saturated rings. The van der Waals surface area contributed by atoms with E-state index in [4.69, 9.17) is 4.74 Å². The second-order valence-electron chi connectivity index (χ2n) is 8.50. The van der Waals surface area contributed by atoms with Crippen LogP contribution in [0, 0.1) is 5.92 Å². The summed E-state index contributed by atoms with van der Waals surface area (Å²) in [5.41, 5.74) is 3.96. The van der Waals surface area contributed by atoms with Gasteiger partial charge in [0.2, 0.25) is 0 Å². The molecule has 3 heterocycles. The number of benzene rings is 1. The summed E-state index contributed by atoms with van der Waals surface area (Å²) in [7, 11) is 0. The average molecular weight is 410 g/mol. The van der Waals surface area contributed by atoms with Gasteiger partial charge in [0.05, 0.1) is 0 Å². The molecule has 160 valence electrons. The van der Waals surface area contributed by atoms with Crippen LogP contribution in [0.5, 0.6) is 0 Å². The Morgan fingerprint density at radius 1 is 1.17 bits per heavy atom. The number of hydrogen-bond acceptors (Lipinski definition) is 5. The highest BCUT2D eigenvalue weighted by molar-refractivity contribution is 5.67. The Kier molecular flexibility index (Phi) is 6.97. The van der Waals surface area contributed by atoms with E-state index >= 15 is 0 Å². The Hall–Kier alpha value is -2.44. The summed E-state index contributed by atoms with van der Waals surface area (Å²) in [6, 6.07) is 12.5. The number of likely N-dealkylation sites (tertiary alicyclic amines) is 1. The molecule has 4 rings (SSSR count). The van der Waals surface area contributed by atoms with Gasteiger partial charge in [0, 0.05) is 45.1 Å². The minimum atomic E-state index is -0.670. The molecule has 2 aliphatic rings. The van der Waals surface area contributed by atoms with Crippen molar-refractivity contribution in [1.29, 1.82) is 0 Å². The minimum Gasteiger partial charge on any atom is -0.447 e. The first-order valence-electron chi connectivity index (χ1n) is 10.9. The number of fused-ring (bicyclic) bond motifs is 1. The smallest absolute Gasteiger partial charge is 0.409 e. The monoisotopic (exact) mass is 409 g/mol. The Morgan fingerprint density at radius 2 is 1.97 bits per heavy atom. The molecule has 1 aromatic carbocycles. The van der Waals surface area contributed by atoms with Gasteiger partial charge in [0.15, 0.2) is 0 Å². The summed E-state index contributed by atoms with van der Waals surface area (Å²) in [4.78, 5) is 20.6. The van der Waals surface area contributed by atoms with E-state index in [2.05, 4.69) is 34.1 Å². The number of aliphatic hydroxyl groups excluding tert-OH is 1. The van der Waals surface area contributed by atoms with Gasteiger partial charge in [-0.3, -0.25) is 9.88 Å². The van der Waals surface area contributed by atoms with E-state index in [0.717, 1.165) is 45.3 Å². The van der Waals surface area contributed by atoms with E-state index in [1.807, 2.05) is 24.5 Å². The zero-order valence-electron chi connectivity index (χ0n) is 17.4. The molecule has 0 radical (unpaired) electrons. The molecule has 0 saturated carbocycles. The summed E-state index contributed by atoms with van der Waals surface area (Å²) < 4.78 is 5.45. The molecule has 2 unspecified atom stereocenters. The number of hydrogen-bond donors (Lipinski definition) is 1. The fraction of sp³-hybridized carbons (Fsp3) is 0.500. The van der Waals surface area contributed by atoms with Crippen LogP contribution in [-0.2, 0) is 24.1 Å². The lowest BCUT2D eigenvalue weighted by Gasteiger charge is -2.33. The number of aromatic nitrogens is 1. The van der Waals surface area contributed by atoms with Crippen LogP contribution in [0.3, 0.4) is 0 Å². The van der Waals surface area contributed by atoms with Crippen molar-refractivity contribution in [2.45, 2.75) is 38.3 Å². The maximum atomic E-state index is 12.5. The minimum absolute atomic E-state index is 0.0441. The van der Waals surface area contributed by atoms with Crippen molar-refractivity contribution >= 4 is 6.09 Å². The second-order valence-corrected chi connectivity index (χ2v) is 8.50. The molecule has 6 heteroatoms. The van der Waals surface area contributed by atoms with E-state index in [0.29, 0.717) is 19.0 Å². The molecule has 30 heavy (non-hydrogen) atoms. The van der Waals surface area contributed by atoms with Crippen LogP contribution in [0.25, 0.3) is 0 Å². The van der Waals surface area contributed by atoms with Crippen LogP contribution in [0.2, 0.25) is 0 Å². The lowest BCUT2D eigenvalue weighted by molar-refractivity contribution is 0.0222. The molecule has 1 N–H and O–H groups in total. The van der Waals surface area contributed by atoms with Crippen LogP contribution in [0.1, 0.15) is 29.5 Å². The summed E-state index contributed by atoms with van der Waals surface area (Å²) in [6.07, 6.45) is 6.69. The highest BCUT2D eigenvalue weighted by atomic mass is 16.6. The molecule has 0 bridgehead atoms. The van der Waals surface area contributed by atoms with Crippen molar-refractivity contribution in [1.82, 2.24) is 14.8 Å². The Morgan fingerprint density at radius 3 is 2.80 bits per heavy atom. The van der Waals surface area contributed by atoms with Crippen LogP contribution in [0.15, 0.2) is 48.8 Å². The molecule has 6 nitrogen and oxygen atoms in total. The number of piperidine rings is 1. The second kappa shape index (κ2) is 10.0. The largest absolute Gasteiger partial charge is 0.447 e. The van der Waals surface area contributed by atoms with Gasteiger partial charge in [-0.05, 0) is 60.4 Å². The fourth-order valence-electron chi connectivity index (χ4n) is 4.57. The predicted molar refractivity (Wildman–Crippen MR) is 115 cm³/mol. The maximum absolute atomic E-state index is 12.5. The molecule has 1 amide bonds. The van der Waals surface area contributed by atoms with Crippen LogP contribution < -0.4 is 0 Å². The molecule has 2 atom stereocenters. The van der Waals surface area contributed by atoms with Gasteiger partial charge in [0.25, 0.3) is 0 Å². The lowest BCUT2D eigenvalue weighted by Crippen LogP contribution is -2.43. The number of ether oxygens (including phenoxy) is 1. The summed E-state index contributed by atoms with van der Waals surface area (Å²) in [5.74, 6) is 0.437. The first-order chi connectivity index (χ1) is 14.7. The van der Waals surface area contributed by atoms with Gasteiger partial charge in [-0.15, -0.1) is 0 Å². The van der Waals surface area contributed by atoms with E-state index in [1.165, 1.54) is 16.7 Å². The number of rotatable bonds is 6. The quantitative estimate of drug-likeness (QED) is 0.795. The van der Waals surface area contributed by atoms with E-state index in [9.17, 15) is 9.90 Å². The van der Waals surface area contributed by atoms with E-state index < -0.39 is 6.10 Å². The standard InChI is InChI=1S/C24H31N3O3/c28-23(17-26-13-9-21-5-1-2-6-22(21)16-26)18-30-24(29)27-12-3-4-20(15-27)14-19-7-10-25-11-8-19/h1-2,5-8,10-11,20,23,28H,3-4,9,12-18H2. The van der Waals surface area contributed by atoms with Gasteiger partial charge in [-0.2, -0.15) is 0 Å². The van der Waals surface area contributed by atoms with Crippen molar-refractivity contribution < 1.29 is 14.6 Å². The zero-order valence-corrected chi connectivity index (χ0v) is 17.4. The van der Waals surface area contributed by atoms with Gasteiger partial charge in [-0.25, -0.2) is 4.79 Å². The first kappa shape index (κ1) is 20.8. The Bertz CT molecular complexity index is 829. The molecule has 0 spiro atoms. The normalized spacial score (nSPS) is 20.4. The Labute approximate surface area is 178 Å². The molecule has 1 aromatic heterocycles. The summed E-state index contributed by atoms with van der Waals surface area (Å²) >= 11 is 0. The van der Waals surface area contributed by atoms with E-state index in [-0.39, 0.29) is 12.7 Å². The van der Waals surface area contributed by atoms with Gasteiger partial charge in [-0.1, -0.05) is 24.3 Å². The molecule has 2 aromatic rings. The molecular formula is C24H31N3O3. The molecule has 2 aliphatic heterocycles. The van der Waals surface area contributed by atoms with Crippen molar-refractivity contribution in [3.05, 3.63) is 65.5 Å². The van der Waals surface area contributed by atoms with Crippen LogP contribution >= 0.6 is 0 Å². The van der Waals surface area contributed by atoms with Crippen LogP contribution in [0.4, 0.5) is 4.79 Å². The predicted octanol–water partition coefficient (Wildman–Crippen LogP) is 2.89. The maximum Gasteiger partial charge on any atom is 0.409 e. The average Bonchev–Trinajstić information content (AvgIpc) is 2.78. The molecule has 0 aliphatic carbocycles. The van der Waals surface area contributed by atoms with Crippen LogP contribution in [-0.4, -0.2) is 64.9 Å². The van der Waals surface area contributed by atoms with Crippen molar-refractivity contribution in [3.8, 4) is 0 Å². The van der Waals surface area contributed by atoms with Crippen molar-refractivity contribution in [2.24, 2.45) is 5.92 Å². The SMILES string of the molecule is O=C(OCC(O)CN1CCc2ccccc2C1)N1CCCC(Cc2ccncc2)C1. The van der Waals surface area contributed by atoms with Crippen molar-refractivity contribution in [2.75, 3.05) is 32.8 Å². The number of carbonyl (C=O) groups excluding carboxylic acids is 1. The number of pyridine rings is 1. The summed E-state index contributed by atoms with van der Waals surface area (Å²) in [6.45, 7) is 3.76. The molecular weight excluding hydrogens is 378 g/mol. The topological polar surface area (TPSA) is 65.9 Å². The Balaban J connectivity index is 1.20. The number of amides is 1.